The fraction of sp³-hybridized carbons (Fsp3) is 0.900. The molecule has 14 heavy (non-hydrogen) atoms. The quantitative estimate of drug-likeness (QED) is 0.578. The molecule has 0 bridgehead atoms. The van der Waals surface area contributed by atoms with Gasteiger partial charge in [-0.25, -0.2) is 0 Å². The highest BCUT2D eigenvalue weighted by molar-refractivity contribution is 5.78. The molecule has 3 atom stereocenters. The third kappa shape index (κ3) is 3.27. The third-order valence-corrected chi connectivity index (χ3v) is 2.87. The second-order valence-electron chi connectivity index (χ2n) is 4.28. The van der Waals surface area contributed by atoms with Gasteiger partial charge in [-0.3, -0.25) is 4.79 Å². The van der Waals surface area contributed by atoms with Gasteiger partial charge in [0.15, 0.2) is 0 Å². The van der Waals surface area contributed by atoms with E-state index in [9.17, 15) is 4.79 Å². The summed E-state index contributed by atoms with van der Waals surface area (Å²) < 4.78 is 0. The Kier molecular flexibility index (Phi) is 3.89. The van der Waals surface area contributed by atoms with E-state index in [0.29, 0.717) is 12.5 Å². The molecule has 3 unspecified atom stereocenters. The Labute approximate surface area is 84.9 Å². The van der Waals surface area contributed by atoms with Gasteiger partial charge in [-0.2, -0.15) is 0 Å². The summed E-state index contributed by atoms with van der Waals surface area (Å²) in [6.45, 7) is 3.93. The van der Waals surface area contributed by atoms with Gasteiger partial charge in [-0.05, 0) is 25.7 Å². The summed E-state index contributed by atoms with van der Waals surface area (Å²) in [6.07, 6.45) is 1.75. The highest BCUT2D eigenvalue weighted by Gasteiger charge is 2.32. The van der Waals surface area contributed by atoms with Crippen molar-refractivity contribution < 1.29 is 9.90 Å². The summed E-state index contributed by atoms with van der Waals surface area (Å²) in [7, 11) is 0. The molecule has 4 N–H and O–H groups in total. The van der Waals surface area contributed by atoms with Crippen LogP contribution in [0.25, 0.3) is 0 Å². The lowest BCUT2D eigenvalue weighted by atomic mass is 10.1. The van der Waals surface area contributed by atoms with Gasteiger partial charge >= 0.3 is 0 Å². The van der Waals surface area contributed by atoms with Crippen molar-refractivity contribution in [1.82, 2.24) is 5.32 Å². The van der Waals surface area contributed by atoms with Gasteiger partial charge in [0.1, 0.15) is 0 Å². The predicted octanol–water partition coefficient (Wildman–Crippen LogP) is -0.143. The van der Waals surface area contributed by atoms with E-state index >= 15 is 0 Å². The Morgan fingerprint density at radius 3 is 2.57 bits per heavy atom. The number of rotatable bonds is 5. The molecule has 0 aromatic rings. The number of amides is 1. The number of hydrogen-bond acceptors (Lipinski definition) is 3. The van der Waals surface area contributed by atoms with E-state index < -0.39 is 6.10 Å². The number of aliphatic hydroxyl groups is 1. The van der Waals surface area contributed by atoms with E-state index in [2.05, 4.69) is 5.32 Å². The van der Waals surface area contributed by atoms with Gasteiger partial charge in [-0.15, -0.1) is 0 Å². The average molecular weight is 200 g/mol. The Bertz CT molecular complexity index is 202. The van der Waals surface area contributed by atoms with Gasteiger partial charge in [0.05, 0.1) is 6.10 Å². The van der Waals surface area contributed by atoms with Crippen molar-refractivity contribution in [2.45, 2.75) is 38.8 Å². The molecule has 1 saturated carbocycles. The fourth-order valence-corrected chi connectivity index (χ4v) is 1.36. The Hall–Kier alpha value is -0.610. The zero-order chi connectivity index (χ0) is 10.7. The van der Waals surface area contributed by atoms with Gasteiger partial charge in [0.25, 0.3) is 0 Å². The Balaban J connectivity index is 2.19. The van der Waals surface area contributed by atoms with E-state index in [-0.39, 0.29) is 17.9 Å². The SMILES string of the molecule is CC(O)C(N)CNC(=O)C(C)C1CC1. The number of hydrogen-bond donors (Lipinski definition) is 3. The highest BCUT2D eigenvalue weighted by Crippen LogP contribution is 2.36. The molecular weight excluding hydrogens is 180 g/mol. The molecule has 0 heterocycles. The van der Waals surface area contributed by atoms with Crippen LogP contribution in [0, 0.1) is 11.8 Å². The molecule has 1 fully saturated rings. The second-order valence-corrected chi connectivity index (χ2v) is 4.28. The topological polar surface area (TPSA) is 75.3 Å². The van der Waals surface area contributed by atoms with Crippen LogP contribution in [0.5, 0.6) is 0 Å². The molecule has 1 aliphatic rings. The molecular formula is C10H20N2O2. The molecule has 0 aromatic carbocycles. The maximum atomic E-state index is 11.5. The zero-order valence-electron chi connectivity index (χ0n) is 8.86. The normalized spacial score (nSPS) is 22.6. The predicted molar refractivity (Wildman–Crippen MR) is 54.6 cm³/mol. The number of nitrogens with two attached hydrogens (primary N) is 1. The van der Waals surface area contributed by atoms with E-state index in [4.69, 9.17) is 10.8 Å². The molecule has 0 radical (unpaired) electrons. The maximum Gasteiger partial charge on any atom is 0.223 e. The largest absolute Gasteiger partial charge is 0.392 e. The van der Waals surface area contributed by atoms with Crippen molar-refractivity contribution in [3.8, 4) is 0 Å². The van der Waals surface area contributed by atoms with Crippen LogP contribution in [0.2, 0.25) is 0 Å². The van der Waals surface area contributed by atoms with Gasteiger partial charge < -0.3 is 16.2 Å². The first-order valence-corrected chi connectivity index (χ1v) is 5.23. The van der Waals surface area contributed by atoms with Crippen LogP contribution in [-0.2, 0) is 4.79 Å². The van der Waals surface area contributed by atoms with E-state index in [1.165, 1.54) is 0 Å². The highest BCUT2D eigenvalue weighted by atomic mass is 16.3. The van der Waals surface area contributed by atoms with Crippen LogP contribution in [0.1, 0.15) is 26.7 Å². The van der Waals surface area contributed by atoms with Crippen LogP contribution < -0.4 is 11.1 Å². The molecule has 1 rings (SSSR count). The Morgan fingerprint density at radius 2 is 2.14 bits per heavy atom. The van der Waals surface area contributed by atoms with Crippen molar-refractivity contribution in [3.05, 3.63) is 0 Å². The molecule has 0 spiro atoms. The average Bonchev–Trinajstić information content (AvgIpc) is 2.95. The number of carbonyl (C=O) groups excluding carboxylic acids is 1. The zero-order valence-corrected chi connectivity index (χ0v) is 8.86. The lowest BCUT2D eigenvalue weighted by Crippen LogP contribution is -2.45. The van der Waals surface area contributed by atoms with Crippen LogP contribution >= 0.6 is 0 Å². The molecule has 82 valence electrons. The van der Waals surface area contributed by atoms with Crippen molar-refractivity contribution in [2.75, 3.05) is 6.54 Å². The molecule has 1 amide bonds. The smallest absolute Gasteiger partial charge is 0.223 e. The second kappa shape index (κ2) is 4.75. The van der Waals surface area contributed by atoms with Crippen molar-refractivity contribution in [1.29, 1.82) is 0 Å². The van der Waals surface area contributed by atoms with Crippen LogP contribution in [0.15, 0.2) is 0 Å². The van der Waals surface area contributed by atoms with Crippen molar-refractivity contribution in [3.63, 3.8) is 0 Å². The Morgan fingerprint density at radius 1 is 1.57 bits per heavy atom. The number of carbonyl (C=O) groups is 1. The summed E-state index contributed by atoms with van der Waals surface area (Å²) in [6, 6.07) is -0.370. The van der Waals surface area contributed by atoms with Crippen molar-refractivity contribution in [2.24, 2.45) is 17.6 Å². The molecule has 1 aliphatic carbocycles. The lowest BCUT2D eigenvalue weighted by molar-refractivity contribution is -0.125. The molecule has 0 aliphatic heterocycles. The molecule has 4 heteroatoms. The van der Waals surface area contributed by atoms with E-state index in [0.717, 1.165) is 12.8 Å². The standard InChI is InChI=1S/C10H20N2O2/c1-6(8-3-4-8)10(14)12-5-9(11)7(2)13/h6-9,13H,3-5,11H2,1-2H3,(H,12,14). The van der Waals surface area contributed by atoms with Gasteiger partial charge in [0, 0.05) is 18.5 Å². The molecule has 4 nitrogen and oxygen atoms in total. The summed E-state index contributed by atoms with van der Waals surface area (Å²) in [5.41, 5.74) is 5.59. The number of aliphatic hydroxyl groups excluding tert-OH is 1. The first kappa shape index (κ1) is 11.5. The van der Waals surface area contributed by atoms with Gasteiger partial charge in [-0.1, -0.05) is 6.92 Å². The molecule has 0 aromatic heterocycles. The minimum Gasteiger partial charge on any atom is -0.392 e. The first-order valence-electron chi connectivity index (χ1n) is 5.23. The summed E-state index contributed by atoms with van der Waals surface area (Å²) in [4.78, 5) is 11.5. The summed E-state index contributed by atoms with van der Waals surface area (Å²) in [5, 5.41) is 11.9. The lowest BCUT2D eigenvalue weighted by Gasteiger charge is -2.17. The van der Waals surface area contributed by atoms with Gasteiger partial charge in [0.2, 0.25) is 5.91 Å². The third-order valence-electron chi connectivity index (χ3n) is 2.87. The van der Waals surface area contributed by atoms with Crippen LogP contribution in [0.4, 0.5) is 0 Å². The van der Waals surface area contributed by atoms with E-state index in [1.807, 2.05) is 6.92 Å². The minimum absolute atomic E-state index is 0.0589. The minimum atomic E-state index is -0.577. The van der Waals surface area contributed by atoms with Crippen LogP contribution in [-0.4, -0.2) is 29.7 Å². The van der Waals surface area contributed by atoms with Crippen LogP contribution in [0.3, 0.4) is 0 Å². The molecule has 0 saturated heterocycles. The summed E-state index contributed by atoms with van der Waals surface area (Å²) >= 11 is 0. The van der Waals surface area contributed by atoms with Crippen molar-refractivity contribution >= 4 is 5.91 Å². The van der Waals surface area contributed by atoms with E-state index in [1.54, 1.807) is 6.92 Å². The fourth-order valence-electron chi connectivity index (χ4n) is 1.36. The number of nitrogens with one attached hydrogen (secondary N) is 1. The first-order chi connectivity index (χ1) is 6.52. The maximum absolute atomic E-state index is 11.5. The summed E-state index contributed by atoms with van der Waals surface area (Å²) in [5.74, 6) is 0.720. The monoisotopic (exact) mass is 200 g/mol.